The van der Waals surface area contributed by atoms with Gasteiger partial charge in [-0.1, -0.05) is 12.1 Å². The Morgan fingerprint density at radius 3 is 2.36 bits per heavy atom. The number of nitrogens with one attached hydrogen (secondary N) is 2. The zero-order chi connectivity index (χ0) is 19.9. The summed E-state index contributed by atoms with van der Waals surface area (Å²) in [7, 11) is 0. The Hall–Kier alpha value is -2.37. The molecular formula is C22H29N3O3. The lowest BCUT2D eigenvalue weighted by atomic mass is 9.53. The monoisotopic (exact) mass is 383 g/mol. The molecule has 6 heteroatoms. The SMILES string of the molecule is CC(CC(=O)NC12CC3CC(CC(C3)C1)C2)=NNC(=O)c1cccc(C)c1O. The average molecular weight is 383 g/mol. The summed E-state index contributed by atoms with van der Waals surface area (Å²) in [5, 5.41) is 17.4. The Morgan fingerprint density at radius 2 is 1.75 bits per heavy atom. The van der Waals surface area contributed by atoms with E-state index in [2.05, 4.69) is 15.8 Å². The minimum atomic E-state index is -0.484. The predicted molar refractivity (Wildman–Crippen MR) is 107 cm³/mol. The molecule has 3 N–H and O–H groups in total. The summed E-state index contributed by atoms with van der Waals surface area (Å²) in [6.45, 7) is 3.46. The molecule has 4 fully saturated rings. The lowest BCUT2D eigenvalue weighted by Crippen LogP contribution is -2.60. The molecule has 0 aromatic heterocycles. The second kappa shape index (κ2) is 7.22. The van der Waals surface area contributed by atoms with Crippen LogP contribution in [0.4, 0.5) is 0 Å². The minimum absolute atomic E-state index is 0.0112. The van der Waals surface area contributed by atoms with E-state index in [9.17, 15) is 14.7 Å². The fraction of sp³-hybridized carbons (Fsp3) is 0.591. The molecule has 0 saturated heterocycles. The van der Waals surface area contributed by atoms with Crippen molar-refractivity contribution in [2.24, 2.45) is 22.9 Å². The van der Waals surface area contributed by atoms with Crippen LogP contribution in [-0.4, -0.2) is 28.2 Å². The molecule has 6 nitrogen and oxygen atoms in total. The number of hydrazone groups is 1. The first-order chi connectivity index (χ1) is 13.3. The number of aromatic hydroxyl groups is 1. The Labute approximate surface area is 165 Å². The van der Waals surface area contributed by atoms with E-state index < -0.39 is 5.91 Å². The number of amides is 2. The predicted octanol–water partition coefficient (Wildman–Crippen LogP) is 3.28. The highest BCUT2D eigenvalue weighted by atomic mass is 16.3. The van der Waals surface area contributed by atoms with Gasteiger partial charge >= 0.3 is 0 Å². The number of para-hydroxylation sites is 1. The van der Waals surface area contributed by atoms with Gasteiger partial charge in [-0.3, -0.25) is 9.59 Å². The first-order valence-corrected chi connectivity index (χ1v) is 10.3. The first-order valence-electron chi connectivity index (χ1n) is 10.3. The fourth-order valence-electron chi connectivity index (χ4n) is 5.92. The van der Waals surface area contributed by atoms with E-state index in [0.717, 1.165) is 37.0 Å². The van der Waals surface area contributed by atoms with Crippen molar-refractivity contribution in [3.05, 3.63) is 29.3 Å². The van der Waals surface area contributed by atoms with Crippen molar-refractivity contribution < 1.29 is 14.7 Å². The topological polar surface area (TPSA) is 90.8 Å². The van der Waals surface area contributed by atoms with Gasteiger partial charge in [-0.25, -0.2) is 5.43 Å². The summed E-state index contributed by atoms with van der Waals surface area (Å²) in [5.41, 5.74) is 3.78. The maximum absolute atomic E-state index is 12.6. The van der Waals surface area contributed by atoms with Gasteiger partial charge in [0.05, 0.1) is 12.0 Å². The molecule has 1 aromatic carbocycles. The van der Waals surface area contributed by atoms with Gasteiger partial charge in [0.25, 0.3) is 5.91 Å². The molecule has 0 radical (unpaired) electrons. The summed E-state index contributed by atoms with van der Waals surface area (Å²) in [5.74, 6) is 1.79. The van der Waals surface area contributed by atoms with Gasteiger partial charge in [-0.15, -0.1) is 0 Å². The summed E-state index contributed by atoms with van der Waals surface area (Å²) in [6, 6.07) is 4.98. The summed E-state index contributed by atoms with van der Waals surface area (Å²) in [6.07, 6.45) is 7.54. The Balaban J connectivity index is 1.33. The number of rotatable bonds is 5. The number of carbonyl (C=O) groups is 2. The van der Waals surface area contributed by atoms with Gasteiger partial charge in [-0.05, 0) is 81.8 Å². The van der Waals surface area contributed by atoms with Crippen LogP contribution in [0.15, 0.2) is 23.3 Å². The van der Waals surface area contributed by atoms with Crippen LogP contribution < -0.4 is 10.7 Å². The second-order valence-electron chi connectivity index (χ2n) is 9.18. The van der Waals surface area contributed by atoms with Crippen molar-refractivity contribution in [2.45, 2.75) is 64.3 Å². The summed E-state index contributed by atoms with van der Waals surface area (Å²) in [4.78, 5) is 24.8. The summed E-state index contributed by atoms with van der Waals surface area (Å²) >= 11 is 0. The van der Waals surface area contributed by atoms with Gasteiger partial charge < -0.3 is 10.4 Å². The number of nitrogens with zero attached hydrogens (tertiary/aromatic N) is 1. The van der Waals surface area contributed by atoms with Crippen LogP contribution in [-0.2, 0) is 4.79 Å². The van der Waals surface area contributed by atoms with Crippen LogP contribution >= 0.6 is 0 Å². The highest BCUT2D eigenvalue weighted by molar-refractivity contribution is 6.02. The molecule has 0 atom stereocenters. The lowest BCUT2D eigenvalue weighted by Gasteiger charge is -2.56. The van der Waals surface area contributed by atoms with Crippen molar-refractivity contribution in [1.29, 1.82) is 0 Å². The average Bonchev–Trinajstić information content (AvgIpc) is 2.60. The first kappa shape index (κ1) is 19.0. The van der Waals surface area contributed by atoms with E-state index >= 15 is 0 Å². The van der Waals surface area contributed by atoms with Crippen LogP contribution in [0.5, 0.6) is 5.75 Å². The number of hydrogen-bond donors (Lipinski definition) is 3. The molecule has 2 amide bonds. The smallest absolute Gasteiger partial charge is 0.275 e. The van der Waals surface area contributed by atoms with Crippen LogP contribution in [0.25, 0.3) is 0 Å². The number of carbonyl (C=O) groups excluding carboxylic acids is 2. The molecule has 0 spiro atoms. The number of phenols is 1. The quantitative estimate of drug-likeness (QED) is 0.538. The third-order valence-electron chi connectivity index (χ3n) is 6.69. The maximum Gasteiger partial charge on any atom is 0.275 e. The van der Waals surface area contributed by atoms with E-state index in [4.69, 9.17) is 0 Å². The molecule has 28 heavy (non-hydrogen) atoms. The van der Waals surface area contributed by atoms with Crippen LogP contribution in [0.1, 0.15) is 67.8 Å². The molecule has 4 aliphatic carbocycles. The second-order valence-corrected chi connectivity index (χ2v) is 9.18. The molecule has 150 valence electrons. The van der Waals surface area contributed by atoms with Crippen LogP contribution in [0.3, 0.4) is 0 Å². The van der Waals surface area contributed by atoms with Gasteiger partial charge in [0, 0.05) is 11.3 Å². The van der Waals surface area contributed by atoms with Gasteiger partial charge in [0.1, 0.15) is 5.75 Å². The van der Waals surface area contributed by atoms with Gasteiger partial charge in [-0.2, -0.15) is 5.10 Å². The maximum atomic E-state index is 12.6. The zero-order valence-electron chi connectivity index (χ0n) is 16.6. The zero-order valence-corrected chi connectivity index (χ0v) is 16.6. The molecule has 4 bridgehead atoms. The van der Waals surface area contributed by atoms with E-state index in [0.29, 0.717) is 11.3 Å². The normalized spacial score (nSPS) is 30.9. The largest absolute Gasteiger partial charge is 0.507 e. The molecule has 0 aliphatic heterocycles. The number of hydrogen-bond acceptors (Lipinski definition) is 4. The minimum Gasteiger partial charge on any atom is -0.507 e. The molecular weight excluding hydrogens is 354 g/mol. The number of phenolic OH excluding ortho intramolecular Hbond substituents is 1. The number of aryl methyl sites for hydroxylation is 1. The van der Waals surface area contributed by atoms with Crippen LogP contribution in [0.2, 0.25) is 0 Å². The fourth-order valence-corrected chi connectivity index (χ4v) is 5.92. The molecule has 1 aromatic rings. The Morgan fingerprint density at radius 1 is 1.14 bits per heavy atom. The number of benzene rings is 1. The van der Waals surface area contributed by atoms with Crippen LogP contribution in [0, 0.1) is 24.7 Å². The van der Waals surface area contributed by atoms with E-state index in [1.807, 2.05) is 0 Å². The molecule has 4 aliphatic rings. The highest BCUT2D eigenvalue weighted by Crippen LogP contribution is 2.55. The van der Waals surface area contributed by atoms with Crippen molar-refractivity contribution >= 4 is 17.5 Å². The van der Waals surface area contributed by atoms with Crippen molar-refractivity contribution in [2.75, 3.05) is 0 Å². The standard InChI is InChI=1S/C22H29N3O3/c1-13-4-3-5-18(20(13)27)21(28)25-24-14(2)6-19(26)23-22-10-15-7-16(11-22)9-17(8-15)12-22/h3-5,15-17,27H,6-12H2,1-2H3,(H,23,26)(H,25,28). The van der Waals surface area contributed by atoms with E-state index in [-0.39, 0.29) is 29.2 Å². The Kier molecular flexibility index (Phi) is 4.89. The van der Waals surface area contributed by atoms with Gasteiger partial charge in [0.15, 0.2) is 0 Å². The summed E-state index contributed by atoms with van der Waals surface area (Å²) < 4.78 is 0. The van der Waals surface area contributed by atoms with Gasteiger partial charge in [0.2, 0.25) is 5.91 Å². The van der Waals surface area contributed by atoms with E-state index in [1.165, 1.54) is 19.3 Å². The lowest BCUT2D eigenvalue weighted by molar-refractivity contribution is -0.125. The van der Waals surface area contributed by atoms with Crippen molar-refractivity contribution in [3.63, 3.8) is 0 Å². The highest BCUT2D eigenvalue weighted by Gasteiger charge is 2.51. The third-order valence-corrected chi connectivity index (χ3v) is 6.69. The third kappa shape index (κ3) is 3.77. The molecule has 5 rings (SSSR count). The molecule has 0 heterocycles. The van der Waals surface area contributed by atoms with Crippen molar-refractivity contribution in [3.8, 4) is 5.75 Å². The van der Waals surface area contributed by atoms with E-state index in [1.54, 1.807) is 32.0 Å². The Bertz CT molecular complexity index is 795. The molecule has 4 saturated carbocycles. The molecule has 0 unspecified atom stereocenters. The van der Waals surface area contributed by atoms with Crippen molar-refractivity contribution in [1.82, 2.24) is 10.7 Å².